The van der Waals surface area contributed by atoms with E-state index in [1.54, 1.807) is 17.5 Å². The van der Waals surface area contributed by atoms with Crippen molar-refractivity contribution in [2.45, 2.75) is 13.0 Å². The van der Waals surface area contributed by atoms with Crippen LogP contribution in [0, 0.1) is 0 Å². The number of nitrogens with zero attached hydrogens (tertiary/aromatic N) is 1. The summed E-state index contributed by atoms with van der Waals surface area (Å²) in [5.41, 5.74) is 1.57. The van der Waals surface area contributed by atoms with Crippen molar-refractivity contribution in [1.82, 2.24) is 4.98 Å². The van der Waals surface area contributed by atoms with Crippen LogP contribution in [0.5, 0.6) is 5.75 Å². The third-order valence-electron chi connectivity index (χ3n) is 2.26. The first kappa shape index (κ1) is 12.4. The van der Waals surface area contributed by atoms with Gasteiger partial charge in [-0.2, -0.15) is 0 Å². The van der Waals surface area contributed by atoms with Gasteiger partial charge >= 0.3 is 5.97 Å². The van der Waals surface area contributed by atoms with Crippen LogP contribution in [0.1, 0.15) is 11.3 Å². The van der Waals surface area contributed by atoms with Gasteiger partial charge in [0.05, 0.1) is 12.1 Å². The van der Waals surface area contributed by atoms with Gasteiger partial charge in [0.25, 0.3) is 0 Å². The van der Waals surface area contributed by atoms with Gasteiger partial charge in [0.15, 0.2) is 5.13 Å². The molecule has 18 heavy (non-hydrogen) atoms. The zero-order valence-corrected chi connectivity index (χ0v) is 10.3. The minimum absolute atomic E-state index is 0.0581. The SMILES string of the molecule is O=C(O)Cc1csc(NCc2ccc(O)cc2)n1. The van der Waals surface area contributed by atoms with Crippen molar-refractivity contribution in [2.24, 2.45) is 0 Å². The van der Waals surface area contributed by atoms with Gasteiger partial charge in [0, 0.05) is 11.9 Å². The highest BCUT2D eigenvalue weighted by Crippen LogP contribution is 2.17. The molecule has 0 bridgehead atoms. The fourth-order valence-corrected chi connectivity index (χ4v) is 2.12. The van der Waals surface area contributed by atoms with E-state index in [-0.39, 0.29) is 12.2 Å². The highest BCUT2D eigenvalue weighted by molar-refractivity contribution is 7.13. The molecule has 94 valence electrons. The molecule has 0 aliphatic heterocycles. The second-order valence-electron chi connectivity index (χ2n) is 3.73. The van der Waals surface area contributed by atoms with Crippen molar-refractivity contribution in [2.75, 3.05) is 5.32 Å². The number of carboxylic acid groups (broad SMARTS) is 1. The number of rotatable bonds is 5. The molecular formula is C12H12N2O3S. The molecule has 2 aromatic rings. The van der Waals surface area contributed by atoms with Gasteiger partial charge in [-0.3, -0.25) is 4.79 Å². The fraction of sp³-hybridized carbons (Fsp3) is 0.167. The summed E-state index contributed by atoms with van der Waals surface area (Å²) in [5, 5.41) is 23.3. The quantitative estimate of drug-likeness (QED) is 0.770. The molecule has 0 atom stereocenters. The Hall–Kier alpha value is -2.08. The summed E-state index contributed by atoms with van der Waals surface area (Å²) in [6.07, 6.45) is -0.0581. The molecule has 3 N–H and O–H groups in total. The van der Waals surface area contributed by atoms with Crippen LogP contribution in [0.2, 0.25) is 0 Å². The Morgan fingerprint density at radius 1 is 1.33 bits per heavy atom. The lowest BCUT2D eigenvalue weighted by Gasteiger charge is -2.02. The number of aromatic nitrogens is 1. The number of carbonyl (C=O) groups is 1. The maximum absolute atomic E-state index is 10.5. The summed E-state index contributed by atoms with van der Waals surface area (Å²) in [6, 6.07) is 6.87. The minimum atomic E-state index is -0.884. The van der Waals surface area contributed by atoms with Crippen LogP contribution in [0.15, 0.2) is 29.6 Å². The second kappa shape index (κ2) is 5.50. The largest absolute Gasteiger partial charge is 0.508 e. The average molecular weight is 264 g/mol. The molecule has 1 aromatic heterocycles. The number of benzene rings is 1. The summed E-state index contributed by atoms with van der Waals surface area (Å²) >= 11 is 1.38. The van der Waals surface area contributed by atoms with E-state index in [9.17, 15) is 4.79 Å². The van der Waals surface area contributed by atoms with E-state index < -0.39 is 5.97 Å². The highest BCUT2D eigenvalue weighted by Gasteiger charge is 2.05. The van der Waals surface area contributed by atoms with Crippen LogP contribution in [0.25, 0.3) is 0 Å². The van der Waals surface area contributed by atoms with E-state index >= 15 is 0 Å². The second-order valence-corrected chi connectivity index (χ2v) is 4.59. The number of carboxylic acids is 1. The summed E-state index contributed by atoms with van der Waals surface area (Å²) in [6.45, 7) is 0.584. The average Bonchev–Trinajstić information content (AvgIpc) is 2.75. The lowest BCUT2D eigenvalue weighted by Crippen LogP contribution is -2.02. The van der Waals surface area contributed by atoms with Gasteiger partial charge in [0.1, 0.15) is 5.75 Å². The normalized spacial score (nSPS) is 10.2. The number of hydrogen-bond acceptors (Lipinski definition) is 5. The highest BCUT2D eigenvalue weighted by atomic mass is 32.1. The van der Waals surface area contributed by atoms with Crippen molar-refractivity contribution in [1.29, 1.82) is 0 Å². The van der Waals surface area contributed by atoms with Crippen molar-refractivity contribution in [3.05, 3.63) is 40.9 Å². The Labute approximate surface area is 108 Å². The number of phenolic OH excluding ortho intramolecular Hbond substituents is 1. The summed E-state index contributed by atoms with van der Waals surface area (Å²) in [4.78, 5) is 14.7. The van der Waals surface area contributed by atoms with Gasteiger partial charge in [-0.05, 0) is 17.7 Å². The number of anilines is 1. The molecule has 0 radical (unpaired) electrons. The molecule has 1 aromatic carbocycles. The fourth-order valence-electron chi connectivity index (χ4n) is 1.42. The molecule has 5 nitrogen and oxygen atoms in total. The molecule has 0 spiro atoms. The predicted molar refractivity (Wildman–Crippen MR) is 68.9 cm³/mol. The molecule has 0 aliphatic rings. The van der Waals surface area contributed by atoms with Crippen molar-refractivity contribution >= 4 is 22.4 Å². The van der Waals surface area contributed by atoms with Gasteiger partial charge in [-0.15, -0.1) is 11.3 Å². The van der Waals surface area contributed by atoms with Crippen molar-refractivity contribution < 1.29 is 15.0 Å². The first-order valence-corrected chi connectivity index (χ1v) is 6.19. The first-order chi connectivity index (χ1) is 8.63. The van der Waals surface area contributed by atoms with Crippen LogP contribution in [0.4, 0.5) is 5.13 Å². The Bertz CT molecular complexity index is 537. The predicted octanol–water partition coefficient (Wildman–Crippen LogP) is 2.09. The van der Waals surface area contributed by atoms with Crippen molar-refractivity contribution in [3.8, 4) is 5.75 Å². The number of aromatic hydroxyl groups is 1. The molecular weight excluding hydrogens is 252 g/mol. The maximum atomic E-state index is 10.5. The van der Waals surface area contributed by atoms with E-state index in [0.717, 1.165) is 5.56 Å². The van der Waals surface area contributed by atoms with Crippen LogP contribution >= 0.6 is 11.3 Å². The lowest BCUT2D eigenvalue weighted by atomic mass is 10.2. The lowest BCUT2D eigenvalue weighted by molar-refractivity contribution is -0.136. The molecule has 0 amide bonds. The number of phenols is 1. The van der Waals surface area contributed by atoms with Gasteiger partial charge in [-0.1, -0.05) is 12.1 Å². The minimum Gasteiger partial charge on any atom is -0.508 e. The summed E-state index contributed by atoms with van der Waals surface area (Å²) in [5.74, 6) is -0.651. The van der Waals surface area contributed by atoms with Crippen LogP contribution in [-0.4, -0.2) is 21.2 Å². The molecule has 0 unspecified atom stereocenters. The molecule has 0 saturated carbocycles. The maximum Gasteiger partial charge on any atom is 0.309 e. The molecule has 1 heterocycles. The van der Waals surface area contributed by atoms with Crippen LogP contribution in [0.3, 0.4) is 0 Å². The number of nitrogens with one attached hydrogen (secondary N) is 1. The topological polar surface area (TPSA) is 82.5 Å². The zero-order valence-electron chi connectivity index (χ0n) is 9.46. The number of aliphatic carboxylic acids is 1. The van der Waals surface area contributed by atoms with Gasteiger partial charge in [0.2, 0.25) is 0 Å². The smallest absolute Gasteiger partial charge is 0.309 e. The van der Waals surface area contributed by atoms with E-state index in [1.807, 2.05) is 12.1 Å². The third kappa shape index (κ3) is 3.46. The Morgan fingerprint density at radius 3 is 2.72 bits per heavy atom. The van der Waals surface area contributed by atoms with E-state index in [2.05, 4.69) is 10.3 Å². The van der Waals surface area contributed by atoms with E-state index in [4.69, 9.17) is 10.2 Å². The van der Waals surface area contributed by atoms with Gasteiger partial charge in [-0.25, -0.2) is 4.98 Å². The molecule has 0 saturated heterocycles. The Balaban J connectivity index is 1.92. The molecule has 0 fully saturated rings. The molecule has 0 aliphatic carbocycles. The van der Waals surface area contributed by atoms with E-state index in [0.29, 0.717) is 17.4 Å². The zero-order chi connectivity index (χ0) is 13.0. The van der Waals surface area contributed by atoms with Crippen LogP contribution < -0.4 is 5.32 Å². The number of hydrogen-bond donors (Lipinski definition) is 3. The van der Waals surface area contributed by atoms with Gasteiger partial charge < -0.3 is 15.5 Å². The summed E-state index contributed by atoms with van der Waals surface area (Å²) < 4.78 is 0. The Morgan fingerprint density at radius 2 is 2.06 bits per heavy atom. The first-order valence-electron chi connectivity index (χ1n) is 5.31. The monoisotopic (exact) mass is 264 g/mol. The third-order valence-corrected chi connectivity index (χ3v) is 3.11. The Kier molecular flexibility index (Phi) is 3.78. The van der Waals surface area contributed by atoms with Crippen LogP contribution in [-0.2, 0) is 17.8 Å². The standard InChI is InChI=1S/C12H12N2O3S/c15-10-3-1-8(2-4-10)6-13-12-14-9(7-18-12)5-11(16)17/h1-4,7,15H,5-6H2,(H,13,14)(H,16,17). The molecule has 2 rings (SSSR count). The molecule has 6 heteroatoms. The van der Waals surface area contributed by atoms with Crippen molar-refractivity contribution in [3.63, 3.8) is 0 Å². The van der Waals surface area contributed by atoms with E-state index in [1.165, 1.54) is 11.3 Å². The summed E-state index contributed by atoms with van der Waals surface area (Å²) in [7, 11) is 0. The number of thiazole rings is 1.